The maximum atomic E-state index is 12.6. The van der Waals surface area contributed by atoms with Gasteiger partial charge in [0.1, 0.15) is 10.4 Å². The summed E-state index contributed by atoms with van der Waals surface area (Å²) in [6, 6.07) is 2.18. The highest BCUT2D eigenvalue weighted by Gasteiger charge is 2.39. The SMILES string of the molecule is CC(C)(C)[Si](C)(C)Oc1cc(=O)c2c([N+](=O)[O-])c(Cl)c(Cl)cc2[nH]c1=O. The van der Waals surface area contributed by atoms with Crippen LogP contribution >= 0.6 is 23.2 Å². The molecule has 1 heterocycles. The zero-order valence-electron chi connectivity index (χ0n) is 14.9. The van der Waals surface area contributed by atoms with Gasteiger partial charge in [-0.25, -0.2) is 0 Å². The zero-order valence-corrected chi connectivity index (χ0v) is 17.4. The van der Waals surface area contributed by atoms with Crippen molar-refractivity contribution < 1.29 is 9.35 Å². The summed E-state index contributed by atoms with van der Waals surface area (Å²) in [5, 5.41) is 10.3. The zero-order chi connectivity index (χ0) is 20.0. The van der Waals surface area contributed by atoms with E-state index >= 15 is 0 Å². The van der Waals surface area contributed by atoms with Gasteiger partial charge in [-0.2, -0.15) is 0 Å². The van der Waals surface area contributed by atoms with E-state index in [1.807, 2.05) is 33.9 Å². The van der Waals surface area contributed by atoms with E-state index in [9.17, 15) is 19.7 Å². The van der Waals surface area contributed by atoms with Crippen molar-refractivity contribution in [2.24, 2.45) is 0 Å². The maximum Gasteiger partial charge on any atom is 0.302 e. The highest BCUT2D eigenvalue weighted by atomic mass is 35.5. The van der Waals surface area contributed by atoms with Crippen LogP contribution in [0, 0.1) is 10.1 Å². The number of hydrogen-bond acceptors (Lipinski definition) is 5. The van der Waals surface area contributed by atoms with Gasteiger partial charge in [0.05, 0.1) is 15.5 Å². The number of halogens is 2. The molecule has 0 unspecified atom stereocenters. The first-order chi connectivity index (χ1) is 11.8. The quantitative estimate of drug-likeness (QED) is 0.450. The van der Waals surface area contributed by atoms with Crippen LogP contribution in [0.3, 0.4) is 0 Å². The third kappa shape index (κ3) is 3.62. The molecular weight excluding hydrogens is 399 g/mol. The number of H-pyrrole nitrogens is 1. The van der Waals surface area contributed by atoms with Crippen LogP contribution in [0.4, 0.5) is 5.69 Å². The number of nitrogens with zero attached hydrogens (tertiary/aromatic N) is 1. The Morgan fingerprint density at radius 2 is 1.77 bits per heavy atom. The normalized spacial score (nSPS) is 12.3. The van der Waals surface area contributed by atoms with Gasteiger partial charge < -0.3 is 9.41 Å². The summed E-state index contributed by atoms with van der Waals surface area (Å²) >= 11 is 11.8. The first-order valence-electron chi connectivity index (χ1n) is 7.69. The molecule has 0 radical (unpaired) electrons. The standard InChI is InChI=1S/C16H18Cl2N2O5Si/c1-16(2,3)26(4,5)25-11-7-10(21)12-9(19-15(11)22)6-8(17)13(18)14(12)20(23)24/h6-7H,1-5H3,(H,19,22). The lowest BCUT2D eigenvalue weighted by molar-refractivity contribution is -0.382. The van der Waals surface area contributed by atoms with Crippen molar-refractivity contribution in [3.05, 3.63) is 52.9 Å². The molecule has 1 N–H and O–H groups in total. The molecule has 0 bridgehead atoms. The van der Waals surface area contributed by atoms with Crippen molar-refractivity contribution in [3.63, 3.8) is 0 Å². The monoisotopic (exact) mass is 416 g/mol. The van der Waals surface area contributed by atoms with Gasteiger partial charge in [0.25, 0.3) is 13.9 Å². The van der Waals surface area contributed by atoms with Crippen molar-refractivity contribution in [2.75, 3.05) is 0 Å². The predicted octanol–water partition coefficient (Wildman–Crippen LogP) is 4.49. The minimum Gasteiger partial charge on any atom is -0.540 e. The van der Waals surface area contributed by atoms with Crippen LogP contribution in [0.1, 0.15) is 20.8 Å². The predicted molar refractivity (Wildman–Crippen MR) is 105 cm³/mol. The molecule has 1 aromatic carbocycles. The number of rotatable bonds is 3. The molecule has 1 aromatic heterocycles. The summed E-state index contributed by atoms with van der Waals surface area (Å²) in [6.07, 6.45) is 0. The molecule has 0 spiro atoms. The van der Waals surface area contributed by atoms with E-state index in [4.69, 9.17) is 27.6 Å². The van der Waals surface area contributed by atoms with Crippen LogP contribution in [0.25, 0.3) is 10.9 Å². The molecule has 0 fully saturated rings. The first-order valence-corrected chi connectivity index (χ1v) is 11.4. The number of nitro groups is 1. The molecule has 0 amide bonds. The van der Waals surface area contributed by atoms with Crippen LogP contribution in [0.15, 0.2) is 21.7 Å². The lowest BCUT2D eigenvalue weighted by Gasteiger charge is -2.35. The van der Waals surface area contributed by atoms with Gasteiger partial charge in [0.2, 0.25) is 0 Å². The van der Waals surface area contributed by atoms with Crippen molar-refractivity contribution in [1.29, 1.82) is 0 Å². The minimum absolute atomic E-state index is 0.0776. The molecule has 26 heavy (non-hydrogen) atoms. The van der Waals surface area contributed by atoms with E-state index in [0.29, 0.717) is 0 Å². The molecule has 2 rings (SSSR count). The fourth-order valence-corrected chi connectivity index (χ4v) is 3.50. The Morgan fingerprint density at radius 3 is 2.27 bits per heavy atom. The lowest BCUT2D eigenvalue weighted by atomic mass is 10.2. The van der Waals surface area contributed by atoms with Gasteiger partial charge in [-0.15, -0.1) is 0 Å². The number of aromatic nitrogens is 1. The van der Waals surface area contributed by atoms with Crippen LogP contribution in [-0.2, 0) is 0 Å². The van der Waals surface area contributed by atoms with Crippen molar-refractivity contribution in [2.45, 2.75) is 38.9 Å². The fourth-order valence-electron chi connectivity index (χ4n) is 2.08. The molecule has 2 aromatic rings. The van der Waals surface area contributed by atoms with Crippen molar-refractivity contribution in [3.8, 4) is 5.75 Å². The van der Waals surface area contributed by atoms with Gasteiger partial charge in [0, 0.05) is 6.07 Å². The molecule has 0 saturated carbocycles. The van der Waals surface area contributed by atoms with Crippen molar-refractivity contribution in [1.82, 2.24) is 4.98 Å². The highest BCUT2D eigenvalue weighted by Crippen LogP contribution is 2.38. The van der Waals surface area contributed by atoms with E-state index in [1.54, 1.807) is 0 Å². The van der Waals surface area contributed by atoms with Gasteiger partial charge in [0.15, 0.2) is 11.2 Å². The average Bonchev–Trinajstić information content (AvgIpc) is 2.57. The van der Waals surface area contributed by atoms with Crippen LogP contribution in [0.5, 0.6) is 5.75 Å². The lowest BCUT2D eigenvalue weighted by Crippen LogP contribution is -2.45. The molecule has 0 saturated heterocycles. The molecular formula is C16H18Cl2N2O5Si. The third-order valence-corrected chi connectivity index (χ3v) is 9.65. The summed E-state index contributed by atoms with van der Waals surface area (Å²) in [4.78, 5) is 38.2. The van der Waals surface area contributed by atoms with Gasteiger partial charge >= 0.3 is 5.69 Å². The van der Waals surface area contributed by atoms with E-state index in [1.165, 1.54) is 6.07 Å². The Labute approximate surface area is 160 Å². The Bertz CT molecular complexity index is 1030. The van der Waals surface area contributed by atoms with Crippen LogP contribution in [0.2, 0.25) is 28.2 Å². The Hall–Kier alpha value is -1.90. The fraction of sp³-hybridized carbons (Fsp3) is 0.375. The minimum atomic E-state index is -2.41. The van der Waals surface area contributed by atoms with Gasteiger partial charge in [-0.05, 0) is 24.2 Å². The highest BCUT2D eigenvalue weighted by molar-refractivity contribution is 6.74. The van der Waals surface area contributed by atoms with E-state index in [0.717, 1.165) is 6.07 Å². The molecule has 7 nitrogen and oxygen atoms in total. The third-order valence-electron chi connectivity index (χ3n) is 4.53. The molecule has 0 aliphatic heterocycles. The summed E-state index contributed by atoms with van der Waals surface area (Å²) in [5.74, 6) is -0.181. The topological polar surface area (TPSA) is 102 Å². The molecule has 0 aliphatic rings. The van der Waals surface area contributed by atoms with E-state index < -0.39 is 29.9 Å². The number of aromatic amines is 1. The molecule has 10 heteroatoms. The van der Waals surface area contributed by atoms with Crippen LogP contribution in [-0.4, -0.2) is 18.2 Å². The van der Waals surface area contributed by atoms with Crippen LogP contribution < -0.4 is 15.4 Å². The Morgan fingerprint density at radius 1 is 1.19 bits per heavy atom. The second kappa shape index (κ2) is 6.68. The summed E-state index contributed by atoms with van der Waals surface area (Å²) in [7, 11) is -2.41. The summed E-state index contributed by atoms with van der Waals surface area (Å²) < 4.78 is 5.93. The summed E-state index contributed by atoms with van der Waals surface area (Å²) in [5.41, 5.74) is -2.15. The number of nitrogens with one attached hydrogen (secondary N) is 1. The van der Waals surface area contributed by atoms with Gasteiger partial charge in [-0.1, -0.05) is 44.0 Å². The Balaban J connectivity index is 2.89. The molecule has 140 valence electrons. The van der Waals surface area contributed by atoms with E-state index in [2.05, 4.69) is 4.98 Å². The first kappa shape index (κ1) is 20.4. The molecule has 0 aliphatic carbocycles. The van der Waals surface area contributed by atoms with Gasteiger partial charge in [-0.3, -0.25) is 19.7 Å². The van der Waals surface area contributed by atoms with Crippen molar-refractivity contribution >= 4 is 48.1 Å². The summed E-state index contributed by atoms with van der Waals surface area (Å²) in [6.45, 7) is 9.78. The number of nitro benzene ring substituents is 1. The molecule has 0 atom stereocenters. The smallest absolute Gasteiger partial charge is 0.302 e. The average molecular weight is 417 g/mol. The Kier molecular flexibility index (Phi) is 5.24. The van der Waals surface area contributed by atoms with E-state index in [-0.39, 0.29) is 31.7 Å². The second-order valence-electron chi connectivity index (χ2n) is 7.39. The maximum absolute atomic E-state index is 12.6. The number of benzene rings is 1. The number of fused-ring (bicyclic) bond motifs is 1. The number of hydrogen-bond donors (Lipinski definition) is 1. The largest absolute Gasteiger partial charge is 0.540 e. The second-order valence-corrected chi connectivity index (χ2v) is 12.9.